The third kappa shape index (κ3) is 3.54. The molecule has 3 aromatic rings. The van der Waals surface area contributed by atoms with Crippen molar-refractivity contribution >= 4 is 47.0 Å². The van der Waals surface area contributed by atoms with Crippen molar-refractivity contribution in [3.05, 3.63) is 78.1 Å². The number of allylic oxidation sites excluding steroid dienone is 2. The Balaban J connectivity index is 1.72. The second-order valence-corrected chi connectivity index (χ2v) is 10.2. The Morgan fingerprint density at radius 1 is 1.09 bits per heavy atom. The minimum absolute atomic E-state index is 0.0139. The lowest BCUT2D eigenvalue weighted by molar-refractivity contribution is -0.118. The number of hydrogen-bond donors (Lipinski definition) is 3. The van der Waals surface area contributed by atoms with Gasteiger partial charge in [-0.05, 0) is 54.4 Å². The van der Waals surface area contributed by atoms with Crippen LogP contribution in [0.25, 0.3) is 11.3 Å². The van der Waals surface area contributed by atoms with Gasteiger partial charge in [0.25, 0.3) is 5.56 Å². The molecule has 0 amide bonds. The van der Waals surface area contributed by atoms with Crippen molar-refractivity contribution in [2.75, 3.05) is 5.32 Å². The highest BCUT2D eigenvalue weighted by molar-refractivity contribution is 7.71. The fourth-order valence-corrected chi connectivity index (χ4v) is 5.15. The molecule has 2 aliphatic rings. The second kappa shape index (κ2) is 7.47. The minimum Gasteiger partial charge on any atom is -0.460 e. The standard InChI is InChI=1S/C23H19Cl2N3O3S/c1-23(2)8-13-17(14(29)9-23)18(19-20(26-13)27-22(32)28-21(19)30)16-6-5-15(31-16)11-7-10(24)3-4-12(11)25/h3-7,18H,8-9H2,1-2H3,(H3,26,27,28,30,32). The number of carbonyl (C=O) groups excluding carboxylic acids is 1. The van der Waals surface area contributed by atoms with Gasteiger partial charge in [-0.15, -0.1) is 0 Å². The number of furan rings is 1. The molecule has 0 spiro atoms. The highest BCUT2D eigenvalue weighted by atomic mass is 35.5. The molecule has 3 heterocycles. The summed E-state index contributed by atoms with van der Waals surface area (Å²) in [6.45, 7) is 4.10. The molecule has 1 aliphatic heterocycles. The van der Waals surface area contributed by atoms with Crippen LogP contribution in [0.5, 0.6) is 0 Å². The minimum atomic E-state index is -0.674. The maximum Gasteiger partial charge on any atom is 0.258 e. The fraction of sp³-hybridized carbons (Fsp3) is 0.261. The predicted octanol–water partition coefficient (Wildman–Crippen LogP) is 6.20. The van der Waals surface area contributed by atoms with E-state index in [9.17, 15) is 9.59 Å². The van der Waals surface area contributed by atoms with E-state index in [-0.39, 0.29) is 21.5 Å². The zero-order valence-electron chi connectivity index (χ0n) is 17.3. The van der Waals surface area contributed by atoms with Crippen molar-refractivity contribution < 1.29 is 9.21 Å². The summed E-state index contributed by atoms with van der Waals surface area (Å²) in [6, 6.07) is 8.64. The molecule has 2 aromatic heterocycles. The lowest BCUT2D eigenvalue weighted by Crippen LogP contribution is -2.36. The van der Waals surface area contributed by atoms with Crippen molar-refractivity contribution in [2.24, 2.45) is 5.41 Å². The van der Waals surface area contributed by atoms with E-state index < -0.39 is 5.92 Å². The molecule has 0 fully saturated rings. The zero-order chi connectivity index (χ0) is 22.8. The summed E-state index contributed by atoms with van der Waals surface area (Å²) in [7, 11) is 0. The Morgan fingerprint density at radius 2 is 1.88 bits per heavy atom. The van der Waals surface area contributed by atoms with Crippen LogP contribution < -0.4 is 10.9 Å². The Morgan fingerprint density at radius 3 is 2.66 bits per heavy atom. The third-order valence-corrected chi connectivity index (χ3v) is 6.63. The van der Waals surface area contributed by atoms with Crippen molar-refractivity contribution in [3.8, 4) is 11.3 Å². The molecule has 0 saturated heterocycles. The summed E-state index contributed by atoms with van der Waals surface area (Å²) >= 11 is 17.7. The lowest BCUT2D eigenvalue weighted by Gasteiger charge is -2.38. The molecular formula is C23H19Cl2N3O3S. The third-order valence-electron chi connectivity index (χ3n) is 5.86. The number of H-pyrrole nitrogens is 2. The van der Waals surface area contributed by atoms with Crippen LogP contribution in [-0.2, 0) is 4.79 Å². The number of anilines is 1. The molecule has 1 atom stereocenters. The number of aromatic amines is 2. The van der Waals surface area contributed by atoms with Gasteiger partial charge >= 0.3 is 0 Å². The maximum absolute atomic E-state index is 13.3. The molecule has 32 heavy (non-hydrogen) atoms. The van der Waals surface area contributed by atoms with E-state index in [0.29, 0.717) is 56.9 Å². The van der Waals surface area contributed by atoms with Crippen LogP contribution in [0.2, 0.25) is 10.0 Å². The van der Waals surface area contributed by atoms with Crippen molar-refractivity contribution in [1.29, 1.82) is 0 Å². The van der Waals surface area contributed by atoms with E-state index in [0.717, 1.165) is 5.70 Å². The molecular weight excluding hydrogens is 469 g/mol. The van der Waals surface area contributed by atoms with E-state index in [1.807, 2.05) is 13.8 Å². The maximum atomic E-state index is 13.3. The molecule has 164 valence electrons. The number of carbonyl (C=O) groups is 1. The van der Waals surface area contributed by atoms with Crippen LogP contribution in [0.1, 0.15) is 43.9 Å². The quantitative estimate of drug-likeness (QED) is 0.374. The average molecular weight is 488 g/mol. The van der Waals surface area contributed by atoms with Gasteiger partial charge in [0.05, 0.1) is 16.5 Å². The van der Waals surface area contributed by atoms with Crippen molar-refractivity contribution in [2.45, 2.75) is 32.6 Å². The molecule has 1 unspecified atom stereocenters. The Kier molecular flexibility index (Phi) is 4.96. The van der Waals surface area contributed by atoms with Gasteiger partial charge in [0, 0.05) is 28.3 Å². The number of nitrogens with one attached hydrogen (secondary N) is 3. The van der Waals surface area contributed by atoms with E-state index in [1.54, 1.807) is 30.3 Å². The first-order chi connectivity index (χ1) is 15.1. The average Bonchev–Trinajstić information content (AvgIpc) is 3.16. The van der Waals surface area contributed by atoms with Gasteiger partial charge in [-0.3, -0.25) is 14.6 Å². The molecule has 1 aliphatic carbocycles. The fourth-order valence-electron chi connectivity index (χ4n) is 4.57. The van der Waals surface area contributed by atoms with Crippen LogP contribution in [-0.4, -0.2) is 15.8 Å². The van der Waals surface area contributed by atoms with Crippen molar-refractivity contribution in [1.82, 2.24) is 9.97 Å². The molecule has 5 rings (SSSR count). The predicted molar refractivity (Wildman–Crippen MR) is 127 cm³/mol. The summed E-state index contributed by atoms with van der Waals surface area (Å²) in [5, 5.41) is 4.26. The van der Waals surface area contributed by atoms with Crippen molar-refractivity contribution in [3.63, 3.8) is 0 Å². The highest BCUT2D eigenvalue weighted by Crippen LogP contribution is 2.48. The number of aromatic nitrogens is 2. The Hall–Kier alpha value is -2.61. The topological polar surface area (TPSA) is 90.9 Å². The van der Waals surface area contributed by atoms with Crippen LogP contribution in [0, 0.1) is 10.2 Å². The van der Waals surface area contributed by atoms with Gasteiger partial charge < -0.3 is 14.7 Å². The summed E-state index contributed by atoms with van der Waals surface area (Å²) in [5.41, 5.74) is 1.75. The van der Waals surface area contributed by atoms with Gasteiger partial charge in [-0.2, -0.15) is 0 Å². The molecule has 3 N–H and O–H groups in total. The summed E-state index contributed by atoms with van der Waals surface area (Å²) in [5.74, 6) is 0.757. The normalized spacial score (nSPS) is 19.4. The number of ketones is 1. The monoisotopic (exact) mass is 487 g/mol. The van der Waals surface area contributed by atoms with E-state index in [1.165, 1.54) is 0 Å². The van der Waals surface area contributed by atoms with E-state index in [4.69, 9.17) is 39.8 Å². The molecule has 1 aromatic carbocycles. The first-order valence-electron chi connectivity index (χ1n) is 10.1. The number of benzene rings is 1. The first-order valence-corrected chi connectivity index (χ1v) is 11.2. The zero-order valence-corrected chi connectivity index (χ0v) is 19.6. The molecule has 6 nitrogen and oxygen atoms in total. The smallest absolute Gasteiger partial charge is 0.258 e. The largest absolute Gasteiger partial charge is 0.460 e. The molecule has 9 heteroatoms. The first kappa shape index (κ1) is 21.2. The van der Waals surface area contributed by atoms with E-state index in [2.05, 4.69) is 15.3 Å². The summed E-state index contributed by atoms with van der Waals surface area (Å²) < 4.78 is 6.39. The van der Waals surface area contributed by atoms with Crippen LogP contribution in [0.4, 0.5) is 5.82 Å². The summed E-state index contributed by atoms with van der Waals surface area (Å²) in [4.78, 5) is 31.9. The Bertz CT molecular complexity index is 1430. The van der Waals surface area contributed by atoms with Gasteiger partial charge in [0.2, 0.25) is 0 Å². The van der Waals surface area contributed by atoms with E-state index >= 15 is 0 Å². The second-order valence-electron chi connectivity index (χ2n) is 8.91. The lowest BCUT2D eigenvalue weighted by atomic mass is 9.70. The molecule has 0 bridgehead atoms. The number of halogens is 2. The number of rotatable bonds is 2. The van der Waals surface area contributed by atoms with Gasteiger partial charge in [-0.25, -0.2) is 0 Å². The van der Waals surface area contributed by atoms with Crippen LogP contribution in [0.3, 0.4) is 0 Å². The van der Waals surface area contributed by atoms with Gasteiger partial charge in [0.1, 0.15) is 17.3 Å². The van der Waals surface area contributed by atoms with Crippen LogP contribution in [0.15, 0.2) is 50.8 Å². The molecule has 0 saturated carbocycles. The number of fused-ring (bicyclic) bond motifs is 1. The number of Topliss-reactive ketones (excluding diaryl/α,β-unsaturated/α-hetero) is 1. The highest BCUT2D eigenvalue weighted by Gasteiger charge is 2.43. The number of hydrogen-bond acceptors (Lipinski definition) is 5. The molecule has 0 radical (unpaired) electrons. The van der Waals surface area contributed by atoms with Gasteiger partial charge in [0.15, 0.2) is 10.6 Å². The van der Waals surface area contributed by atoms with Gasteiger partial charge in [-0.1, -0.05) is 37.0 Å². The summed E-state index contributed by atoms with van der Waals surface area (Å²) in [6.07, 6.45) is 1.04. The Labute approximate surface area is 198 Å². The van der Waals surface area contributed by atoms with Crippen LogP contribution >= 0.6 is 35.4 Å². The SMILES string of the molecule is CC1(C)CC(=O)C2=C(C1)Nc1[nH]c(=S)[nH]c(=O)c1C2c1ccc(-c2cc(Cl)ccc2Cl)o1.